The minimum atomic E-state index is -0.340. The van der Waals surface area contributed by atoms with Gasteiger partial charge in [0.05, 0.1) is 6.21 Å². The molecular formula is C11H9ClN4O. The zero-order valence-corrected chi connectivity index (χ0v) is 9.48. The molecule has 2 aromatic rings. The van der Waals surface area contributed by atoms with Crippen molar-refractivity contribution < 1.29 is 4.79 Å². The summed E-state index contributed by atoms with van der Waals surface area (Å²) in [5.74, 6) is -0.340. The predicted octanol–water partition coefficient (Wildman–Crippen LogP) is 1.83. The molecule has 0 saturated heterocycles. The second kappa shape index (κ2) is 5.27. The zero-order valence-electron chi connectivity index (χ0n) is 8.72. The molecule has 2 rings (SSSR count). The summed E-state index contributed by atoms with van der Waals surface area (Å²) < 4.78 is 0. The third-order valence-corrected chi connectivity index (χ3v) is 2.25. The molecule has 86 valence electrons. The van der Waals surface area contributed by atoms with Crippen LogP contribution in [0.2, 0.25) is 5.02 Å². The van der Waals surface area contributed by atoms with Crippen LogP contribution in [0.15, 0.2) is 41.6 Å². The first-order valence-electron chi connectivity index (χ1n) is 4.84. The van der Waals surface area contributed by atoms with E-state index in [-0.39, 0.29) is 5.91 Å². The Labute approximate surface area is 102 Å². The molecule has 6 heteroatoms. The summed E-state index contributed by atoms with van der Waals surface area (Å²) in [4.78, 5) is 11.4. The van der Waals surface area contributed by atoms with Gasteiger partial charge in [-0.15, -0.1) is 0 Å². The maximum absolute atomic E-state index is 11.4. The van der Waals surface area contributed by atoms with Crippen LogP contribution in [0.4, 0.5) is 0 Å². The molecule has 0 fully saturated rings. The average molecular weight is 249 g/mol. The number of H-pyrrole nitrogens is 1. The number of aromatic amines is 1. The number of carbonyl (C=O) groups is 1. The Hall–Kier alpha value is -2.14. The van der Waals surface area contributed by atoms with Crippen LogP contribution in [0.25, 0.3) is 0 Å². The van der Waals surface area contributed by atoms with Gasteiger partial charge in [-0.25, -0.2) is 5.43 Å². The fourth-order valence-electron chi connectivity index (χ4n) is 1.16. The number of benzene rings is 1. The first kappa shape index (κ1) is 11.3. The van der Waals surface area contributed by atoms with E-state index in [0.29, 0.717) is 10.7 Å². The highest BCUT2D eigenvalue weighted by Gasteiger charge is 2.03. The monoisotopic (exact) mass is 248 g/mol. The van der Waals surface area contributed by atoms with E-state index >= 15 is 0 Å². The van der Waals surface area contributed by atoms with Crippen LogP contribution in [-0.2, 0) is 0 Å². The number of hydrazone groups is 1. The third-order valence-electron chi connectivity index (χ3n) is 2.00. The predicted molar refractivity (Wildman–Crippen MR) is 65.1 cm³/mol. The van der Waals surface area contributed by atoms with Crippen LogP contribution < -0.4 is 5.43 Å². The number of rotatable bonds is 3. The fraction of sp³-hybridized carbons (Fsp3) is 0. The number of nitrogens with zero attached hydrogens (tertiary/aromatic N) is 2. The number of hydrogen-bond donors (Lipinski definition) is 2. The maximum Gasteiger partial charge on any atom is 0.289 e. The highest BCUT2D eigenvalue weighted by molar-refractivity contribution is 6.30. The molecule has 1 aromatic carbocycles. The first-order valence-corrected chi connectivity index (χ1v) is 5.22. The molecule has 1 aromatic heterocycles. The Bertz CT molecular complexity index is 519. The lowest BCUT2D eigenvalue weighted by molar-refractivity contribution is 0.0950. The lowest BCUT2D eigenvalue weighted by Crippen LogP contribution is -2.17. The summed E-state index contributed by atoms with van der Waals surface area (Å²) in [6, 6.07) is 8.66. The third kappa shape index (κ3) is 3.15. The van der Waals surface area contributed by atoms with Crippen molar-refractivity contribution in [2.75, 3.05) is 0 Å². The second-order valence-corrected chi connectivity index (χ2v) is 3.66. The quantitative estimate of drug-likeness (QED) is 0.643. The van der Waals surface area contributed by atoms with Crippen molar-refractivity contribution in [3.8, 4) is 0 Å². The number of nitrogens with one attached hydrogen (secondary N) is 2. The molecule has 0 aliphatic rings. The number of hydrogen-bond acceptors (Lipinski definition) is 3. The molecule has 0 spiro atoms. The van der Waals surface area contributed by atoms with Crippen molar-refractivity contribution in [3.63, 3.8) is 0 Å². The molecular weight excluding hydrogens is 240 g/mol. The van der Waals surface area contributed by atoms with Gasteiger partial charge in [0.2, 0.25) is 0 Å². The van der Waals surface area contributed by atoms with Crippen LogP contribution in [0.3, 0.4) is 0 Å². The van der Waals surface area contributed by atoms with E-state index in [1.165, 1.54) is 12.4 Å². The smallest absolute Gasteiger partial charge is 0.273 e. The summed E-state index contributed by atoms with van der Waals surface area (Å²) in [6.45, 7) is 0. The summed E-state index contributed by atoms with van der Waals surface area (Å²) in [5.41, 5.74) is 3.58. The largest absolute Gasteiger partial charge is 0.289 e. The van der Waals surface area contributed by atoms with Crippen molar-refractivity contribution in [1.29, 1.82) is 0 Å². The van der Waals surface area contributed by atoms with Crippen molar-refractivity contribution in [2.24, 2.45) is 5.10 Å². The Morgan fingerprint density at radius 3 is 2.76 bits per heavy atom. The second-order valence-electron chi connectivity index (χ2n) is 3.22. The fourth-order valence-corrected chi connectivity index (χ4v) is 1.28. The minimum Gasteiger partial charge on any atom is -0.273 e. The normalized spacial score (nSPS) is 10.6. The van der Waals surface area contributed by atoms with Crippen LogP contribution in [-0.4, -0.2) is 22.3 Å². The van der Waals surface area contributed by atoms with Gasteiger partial charge in [0.25, 0.3) is 5.91 Å². The van der Waals surface area contributed by atoms with E-state index in [9.17, 15) is 4.79 Å². The van der Waals surface area contributed by atoms with Gasteiger partial charge in [-0.05, 0) is 23.8 Å². The standard InChI is InChI=1S/C11H9ClN4O/c12-9-3-1-8(2-4-9)7-14-16-11(17)10-5-6-13-15-10/h1-7H,(H,13,15)(H,16,17). The Balaban J connectivity index is 1.94. The Kier molecular flexibility index (Phi) is 3.52. The molecule has 2 N–H and O–H groups in total. The van der Waals surface area contributed by atoms with Gasteiger partial charge in [0.15, 0.2) is 0 Å². The van der Waals surface area contributed by atoms with Crippen LogP contribution in [0, 0.1) is 0 Å². The van der Waals surface area contributed by atoms with Crippen LogP contribution in [0.1, 0.15) is 16.1 Å². The van der Waals surface area contributed by atoms with E-state index < -0.39 is 0 Å². The molecule has 0 atom stereocenters. The summed E-state index contributed by atoms with van der Waals surface area (Å²) in [5, 5.41) is 10.7. The van der Waals surface area contributed by atoms with Gasteiger partial charge in [0, 0.05) is 11.2 Å². The molecule has 0 radical (unpaired) electrons. The average Bonchev–Trinajstić information content (AvgIpc) is 2.85. The van der Waals surface area contributed by atoms with E-state index in [1.807, 2.05) is 0 Å². The Morgan fingerprint density at radius 1 is 1.35 bits per heavy atom. The molecule has 0 bridgehead atoms. The molecule has 0 unspecified atom stereocenters. The summed E-state index contributed by atoms with van der Waals surface area (Å²) >= 11 is 5.74. The highest BCUT2D eigenvalue weighted by Crippen LogP contribution is 2.07. The number of amides is 1. The van der Waals surface area contributed by atoms with E-state index in [2.05, 4.69) is 20.7 Å². The van der Waals surface area contributed by atoms with Gasteiger partial charge in [-0.2, -0.15) is 10.2 Å². The van der Waals surface area contributed by atoms with Gasteiger partial charge in [0.1, 0.15) is 5.69 Å². The van der Waals surface area contributed by atoms with E-state index in [4.69, 9.17) is 11.6 Å². The molecule has 0 aliphatic heterocycles. The minimum absolute atomic E-state index is 0.340. The lowest BCUT2D eigenvalue weighted by atomic mass is 10.2. The van der Waals surface area contributed by atoms with Gasteiger partial charge < -0.3 is 0 Å². The van der Waals surface area contributed by atoms with Gasteiger partial charge in [-0.1, -0.05) is 23.7 Å². The molecule has 1 amide bonds. The summed E-state index contributed by atoms with van der Waals surface area (Å²) in [6.07, 6.45) is 3.03. The first-order chi connectivity index (χ1) is 8.25. The van der Waals surface area contributed by atoms with Gasteiger partial charge in [-0.3, -0.25) is 9.89 Å². The molecule has 0 saturated carbocycles. The van der Waals surface area contributed by atoms with Crippen molar-refractivity contribution in [1.82, 2.24) is 15.6 Å². The maximum atomic E-state index is 11.4. The summed E-state index contributed by atoms with van der Waals surface area (Å²) in [7, 11) is 0. The van der Waals surface area contributed by atoms with Gasteiger partial charge >= 0.3 is 0 Å². The number of carbonyl (C=O) groups excluding carboxylic acids is 1. The highest BCUT2D eigenvalue weighted by atomic mass is 35.5. The molecule has 17 heavy (non-hydrogen) atoms. The van der Waals surface area contributed by atoms with Crippen molar-refractivity contribution >= 4 is 23.7 Å². The molecule has 0 aliphatic carbocycles. The van der Waals surface area contributed by atoms with Crippen LogP contribution >= 0.6 is 11.6 Å². The number of aromatic nitrogens is 2. The molecule has 5 nitrogen and oxygen atoms in total. The van der Waals surface area contributed by atoms with Crippen molar-refractivity contribution in [3.05, 3.63) is 52.8 Å². The van der Waals surface area contributed by atoms with Crippen molar-refractivity contribution in [2.45, 2.75) is 0 Å². The topological polar surface area (TPSA) is 70.1 Å². The number of halogens is 1. The van der Waals surface area contributed by atoms with E-state index in [0.717, 1.165) is 5.56 Å². The van der Waals surface area contributed by atoms with Crippen LogP contribution in [0.5, 0.6) is 0 Å². The lowest BCUT2D eigenvalue weighted by Gasteiger charge is -1.96. The zero-order chi connectivity index (χ0) is 12.1. The Morgan fingerprint density at radius 2 is 2.12 bits per heavy atom. The van der Waals surface area contributed by atoms with E-state index in [1.54, 1.807) is 30.3 Å². The molecule has 1 heterocycles. The SMILES string of the molecule is O=C(NN=Cc1ccc(Cl)cc1)c1ccn[nH]1.